The minimum absolute atomic E-state index is 0.573. The molecule has 0 saturated carbocycles. The summed E-state index contributed by atoms with van der Waals surface area (Å²) in [4.78, 5) is 9.58. The summed E-state index contributed by atoms with van der Waals surface area (Å²) in [7, 11) is 0. The van der Waals surface area contributed by atoms with Crippen molar-refractivity contribution in [2.75, 3.05) is 36.8 Å². The molecule has 2 heterocycles. The van der Waals surface area contributed by atoms with E-state index in [0.29, 0.717) is 5.13 Å². The van der Waals surface area contributed by atoms with Gasteiger partial charge in [-0.3, -0.25) is 4.90 Å². The molecule has 2 N–H and O–H groups in total. The van der Waals surface area contributed by atoms with Crippen LogP contribution in [0.4, 0.5) is 24.0 Å². The van der Waals surface area contributed by atoms with Crippen LogP contribution >= 0.6 is 11.3 Å². The largest absolute Gasteiger partial charge is 0.416 e. The molecule has 0 atom stereocenters. The molecule has 0 amide bonds. The van der Waals surface area contributed by atoms with Crippen LogP contribution in [0, 0.1) is 0 Å². The van der Waals surface area contributed by atoms with Gasteiger partial charge in [0, 0.05) is 49.5 Å². The number of nitrogen functional groups attached to an aromatic ring is 1. The molecule has 1 aliphatic heterocycles. The molecule has 0 unspecified atom stereocenters. The molecule has 1 aromatic heterocycles. The van der Waals surface area contributed by atoms with Gasteiger partial charge in [-0.25, -0.2) is 4.98 Å². The first kappa shape index (κ1) is 16.1. The summed E-state index contributed by atoms with van der Waals surface area (Å²) < 4.78 is 37.8. The maximum atomic E-state index is 12.6. The third-order valence-corrected chi connectivity index (χ3v) is 4.69. The van der Waals surface area contributed by atoms with E-state index in [9.17, 15) is 13.2 Å². The fourth-order valence-electron chi connectivity index (χ4n) is 2.64. The summed E-state index contributed by atoms with van der Waals surface area (Å²) >= 11 is 1.49. The number of nitrogens with two attached hydrogens (primary N) is 1. The summed E-state index contributed by atoms with van der Waals surface area (Å²) in [6.45, 7) is 4.12. The summed E-state index contributed by atoms with van der Waals surface area (Å²) in [5, 5.41) is 0.573. The first-order valence-corrected chi connectivity index (χ1v) is 8.08. The summed E-state index contributed by atoms with van der Waals surface area (Å²) in [5.74, 6) is 0. The second kappa shape index (κ2) is 6.37. The Morgan fingerprint density at radius 3 is 2.26 bits per heavy atom. The lowest BCUT2D eigenvalue weighted by atomic mass is 10.1. The first-order chi connectivity index (χ1) is 10.9. The number of piperazine rings is 1. The van der Waals surface area contributed by atoms with Crippen LogP contribution in [0.25, 0.3) is 0 Å². The highest BCUT2D eigenvalue weighted by Crippen LogP contribution is 2.30. The lowest BCUT2D eigenvalue weighted by Gasteiger charge is -2.36. The molecule has 0 bridgehead atoms. The molecular weight excluding hydrogens is 325 g/mol. The molecule has 124 valence electrons. The highest BCUT2D eigenvalue weighted by Gasteiger charge is 2.30. The number of nitrogens with zero attached hydrogens (tertiary/aromatic N) is 3. The fraction of sp³-hybridized carbons (Fsp3) is 0.400. The van der Waals surface area contributed by atoms with Gasteiger partial charge in [-0.1, -0.05) is 0 Å². The van der Waals surface area contributed by atoms with E-state index in [4.69, 9.17) is 5.73 Å². The second-order valence-corrected chi connectivity index (χ2v) is 6.62. The number of alkyl halides is 3. The van der Waals surface area contributed by atoms with Crippen LogP contribution < -0.4 is 10.6 Å². The standard InChI is InChI=1S/C15H17F3N4S/c16-15(17,18)11-1-3-12(4-2-11)22-7-5-21(6-8-22)10-13-9-20-14(19)23-13/h1-4,9H,5-8,10H2,(H2,19,20). The van der Waals surface area contributed by atoms with Crippen LogP contribution in [0.15, 0.2) is 30.5 Å². The van der Waals surface area contributed by atoms with E-state index >= 15 is 0 Å². The van der Waals surface area contributed by atoms with E-state index in [1.54, 1.807) is 18.3 Å². The van der Waals surface area contributed by atoms with E-state index in [-0.39, 0.29) is 0 Å². The maximum Gasteiger partial charge on any atom is 0.416 e. The first-order valence-electron chi connectivity index (χ1n) is 7.26. The number of halogens is 3. The Morgan fingerprint density at radius 2 is 1.74 bits per heavy atom. The quantitative estimate of drug-likeness (QED) is 0.931. The van der Waals surface area contributed by atoms with E-state index in [0.717, 1.165) is 55.4 Å². The number of rotatable bonds is 3. The predicted molar refractivity (Wildman–Crippen MR) is 85.5 cm³/mol. The molecule has 1 aromatic carbocycles. The molecule has 0 radical (unpaired) electrons. The van der Waals surface area contributed by atoms with Crippen molar-refractivity contribution in [3.8, 4) is 0 Å². The summed E-state index contributed by atoms with van der Waals surface area (Å²) in [6.07, 6.45) is -2.49. The third kappa shape index (κ3) is 3.94. The minimum Gasteiger partial charge on any atom is -0.375 e. The van der Waals surface area contributed by atoms with Gasteiger partial charge in [0.15, 0.2) is 5.13 Å². The molecule has 0 spiro atoms. The number of hydrogen-bond donors (Lipinski definition) is 1. The number of anilines is 2. The minimum atomic E-state index is -4.28. The van der Waals surface area contributed by atoms with Gasteiger partial charge < -0.3 is 10.6 Å². The molecule has 4 nitrogen and oxygen atoms in total. The van der Waals surface area contributed by atoms with Crippen LogP contribution in [-0.4, -0.2) is 36.1 Å². The topological polar surface area (TPSA) is 45.4 Å². The molecule has 8 heteroatoms. The molecule has 1 fully saturated rings. The third-order valence-electron chi connectivity index (χ3n) is 3.88. The van der Waals surface area contributed by atoms with Crippen molar-refractivity contribution in [1.82, 2.24) is 9.88 Å². The van der Waals surface area contributed by atoms with Gasteiger partial charge >= 0.3 is 6.18 Å². The molecule has 3 rings (SSSR count). The zero-order valence-corrected chi connectivity index (χ0v) is 13.2. The zero-order valence-electron chi connectivity index (χ0n) is 12.4. The summed E-state index contributed by atoms with van der Waals surface area (Å²) in [5.41, 5.74) is 5.85. The van der Waals surface area contributed by atoms with Crippen LogP contribution in [0.5, 0.6) is 0 Å². The number of thiazole rings is 1. The van der Waals surface area contributed by atoms with Gasteiger partial charge in [-0.05, 0) is 24.3 Å². The van der Waals surface area contributed by atoms with E-state index in [2.05, 4.69) is 14.8 Å². The molecule has 23 heavy (non-hydrogen) atoms. The maximum absolute atomic E-state index is 12.6. The van der Waals surface area contributed by atoms with Crippen LogP contribution in [0.3, 0.4) is 0 Å². The molecule has 2 aromatic rings. The Balaban J connectivity index is 1.56. The Hall–Kier alpha value is -1.80. The van der Waals surface area contributed by atoms with Crippen molar-refractivity contribution >= 4 is 22.2 Å². The van der Waals surface area contributed by atoms with Crippen molar-refractivity contribution in [3.63, 3.8) is 0 Å². The Kier molecular flexibility index (Phi) is 4.45. The summed E-state index contributed by atoms with van der Waals surface area (Å²) in [6, 6.07) is 5.37. The molecule has 0 aliphatic carbocycles. The highest BCUT2D eigenvalue weighted by atomic mass is 32.1. The highest BCUT2D eigenvalue weighted by molar-refractivity contribution is 7.15. The van der Waals surface area contributed by atoms with Crippen LogP contribution in [0.1, 0.15) is 10.4 Å². The van der Waals surface area contributed by atoms with Crippen LogP contribution in [0.2, 0.25) is 0 Å². The lowest BCUT2D eigenvalue weighted by molar-refractivity contribution is -0.137. The van der Waals surface area contributed by atoms with Crippen molar-refractivity contribution < 1.29 is 13.2 Å². The zero-order chi connectivity index (χ0) is 16.4. The number of aromatic nitrogens is 1. The smallest absolute Gasteiger partial charge is 0.375 e. The van der Waals surface area contributed by atoms with Gasteiger partial charge in [0.1, 0.15) is 0 Å². The number of benzene rings is 1. The average Bonchev–Trinajstić information content (AvgIpc) is 2.92. The monoisotopic (exact) mass is 342 g/mol. The average molecular weight is 342 g/mol. The SMILES string of the molecule is Nc1ncc(CN2CCN(c3ccc(C(F)(F)F)cc3)CC2)s1. The Morgan fingerprint density at radius 1 is 1.09 bits per heavy atom. The van der Waals surface area contributed by atoms with E-state index < -0.39 is 11.7 Å². The molecule has 1 aliphatic rings. The van der Waals surface area contributed by atoms with Gasteiger partial charge in [-0.15, -0.1) is 11.3 Å². The van der Waals surface area contributed by atoms with Gasteiger partial charge in [0.25, 0.3) is 0 Å². The Bertz CT molecular complexity index is 645. The fourth-order valence-corrected chi connectivity index (χ4v) is 3.37. The van der Waals surface area contributed by atoms with Crippen molar-refractivity contribution in [2.45, 2.75) is 12.7 Å². The van der Waals surface area contributed by atoms with Crippen molar-refractivity contribution in [1.29, 1.82) is 0 Å². The van der Waals surface area contributed by atoms with Gasteiger partial charge in [0.2, 0.25) is 0 Å². The van der Waals surface area contributed by atoms with E-state index in [1.807, 2.05) is 0 Å². The van der Waals surface area contributed by atoms with Crippen molar-refractivity contribution in [3.05, 3.63) is 40.9 Å². The van der Waals surface area contributed by atoms with E-state index in [1.165, 1.54) is 11.3 Å². The van der Waals surface area contributed by atoms with Crippen molar-refractivity contribution in [2.24, 2.45) is 0 Å². The normalized spacial score (nSPS) is 16.7. The molecule has 1 saturated heterocycles. The number of hydrogen-bond acceptors (Lipinski definition) is 5. The second-order valence-electron chi connectivity index (χ2n) is 5.47. The van der Waals surface area contributed by atoms with Gasteiger partial charge in [0.05, 0.1) is 5.56 Å². The Labute approximate surface area is 136 Å². The van der Waals surface area contributed by atoms with Gasteiger partial charge in [-0.2, -0.15) is 13.2 Å². The lowest BCUT2D eigenvalue weighted by Crippen LogP contribution is -2.45. The predicted octanol–water partition coefficient (Wildman–Crippen LogP) is 3.07. The molecular formula is C15H17F3N4S. The van der Waals surface area contributed by atoms with Crippen LogP contribution in [-0.2, 0) is 12.7 Å².